The summed E-state index contributed by atoms with van der Waals surface area (Å²) in [6, 6.07) is 19.2. The van der Waals surface area contributed by atoms with Gasteiger partial charge in [0.2, 0.25) is 0 Å². The van der Waals surface area contributed by atoms with Gasteiger partial charge in [-0.3, -0.25) is 14.6 Å². The van der Waals surface area contributed by atoms with E-state index in [0.717, 1.165) is 22.6 Å². The Bertz CT molecular complexity index is 1060. The van der Waals surface area contributed by atoms with Gasteiger partial charge in [0.15, 0.2) is 0 Å². The molecule has 4 rings (SSSR count). The standard InChI is InChI=1S/C26H26N2O4/c1-2-31-26(30)20-12-14-28(15-13-20)25(29)22-16-21(17-27-18-22)19-8-10-24(11-9-19)32-23-6-4-3-5-7-23/h3-11,16-18,20H,2,12-15H2,1H3. The summed E-state index contributed by atoms with van der Waals surface area (Å²) in [5.74, 6) is 1.17. The van der Waals surface area contributed by atoms with E-state index < -0.39 is 0 Å². The first-order chi connectivity index (χ1) is 15.6. The van der Waals surface area contributed by atoms with Gasteiger partial charge in [0, 0.05) is 31.0 Å². The summed E-state index contributed by atoms with van der Waals surface area (Å²) in [4.78, 5) is 31.0. The zero-order chi connectivity index (χ0) is 22.3. The van der Waals surface area contributed by atoms with Gasteiger partial charge < -0.3 is 14.4 Å². The first-order valence-corrected chi connectivity index (χ1v) is 10.9. The molecule has 0 aliphatic carbocycles. The molecule has 32 heavy (non-hydrogen) atoms. The molecule has 1 aliphatic rings. The summed E-state index contributed by atoms with van der Waals surface area (Å²) in [7, 11) is 0. The number of para-hydroxylation sites is 1. The van der Waals surface area contributed by atoms with Crippen LogP contribution in [-0.4, -0.2) is 41.5 Å². The summed E-state index contributed by atoms with van der Waals surface area (Å²) in [5.41, 5.74) is 2.36. The zero-order valence-electron chi connectivity index (χ0n) is 18.1. The monoisotopic (exact) mass is 430 g/mol. The largest absolute Gasteiger partial charge is 0.466 e. The SMILES string of the molecule is CCOC(=O)C1CCN(C(=O)c2cncc(-c3ccc(Oc4ccccc4)cc3)c2)CC1. The summed E-state index contributed by atoms with van der Waals surface area (Å²) in [6.07, 6.45) is 4.59. The molecule has 6 nitrogen and oxygen atoms in total. The lowest BCUT2D eigenvalue weighted by Gasteiger charge is -2.30. The first-order valence-electron chi connectivity index (χ1n) is 10.9. The highest BCUT2D eigenvalue weighted by Gasteiger charge is 2.28. The van der Waals surface area contributed by atoms with Crippen molar-refractivity contribution >= 4 is 11.9 Å². The average Bonchev–Trinajstić information content (AvgIpc) is 2.85. The van der Waals surface area contributed by atoms with Crippen molar-refractivity contribution in [2.45, 2.75) is 19.8 Å². The highest BCUT2D eigenvalue weighted by molar-refractivity contribution is 5.95. The topological polar surface area (TPSA) is 68.7 Å². The molecule has 0 bridgehead atoms. The number of ether oxygens (including phenoxy) is 2. The molecule has 3 aromatic rings. The zero-order valence-corrected chi connectivity index (χ0v) is 18.1. The normalized spacial score (nSPS) is 14.1. The summed E-state index contributed by atoms with van der Waals surface area (Å²) in [5, 5.41) is 0. The molecule has 0 atom stereocenters. The fourth-order valence-corrected chi connectivity index (χ4v) is 3.82. The lowest BCUT2D eigenvalue weighted by molar-refractivity contribution is -0.149. The number of likely N-dealkylation sites (tertiary alicyclic amines) is 1. The van der Waals surface area contributed by atoms with Crippen LogP contribution in [0, 0.1) is 5.92 Å². The number of rotatable bonds is 6. The molecule has 0 radical (unpaired) electrons. The summed E-state index contributed by atoms with van der Waals surface area (Å²) in [6.45, 7) is 3.27. The molecule has 6 heteroatoms. The number of carbonyl (C=O) groups excluding carboxylic acids is 2. The molecule has 164 valence electrons. The third kappa shape index (κ3) is 5.14. The maximum Gasteiger partial charge on any atom is 0.309 e. The number of esters is 1. The van der Waals surface area contributed by atoms with Crippen molar-refractivity contribution in [1.29, 1.82) is 0 Å². The molecule has 1 aliphatic heterocycles. The Kier molecular flexibility index (Phi) is 6.80. The molecule has 2 heterocycles. The number of piperidine rings is 1. The number of pyridine rings is 1. The van der Waals surface area contributed by atoms with Gasteiger partial charge in [0.05, 0.1) is 18.1 Å². The molecule has 0 spiro atoms. The van der Waals surface area contributed by atoms with Crippen LogP contribution in [0.2, 0.25) is 0 Å². The highest BCUT2D eigenvalue weighted by Crippen LogP contribution is 2.27. The molecule has 2 aromatic carbocycles. The predicted molar refractivity (Wildman–Crippen MR) is 121 cm³/mol. The quantitative estimate of drug-likeness (QED) is 0.517. The van der Waals surface area contributed by atoms with Crippen LogP contribution in [0.15, 0.2) is 73.1 Å². The number of amides is 1. The van der Waals surface area contributed by atoms with Gasteiger partial charge in [-0.15, -0.1) is 0 Å². The predicted octanol–water partition coefficient (Wildman–Crippen LogP) is 4.96. The van der Waals surface area contributed by atoms with E-state index in [4.69, 9.17) is 9.47 Å². The minimum atomic E-state index is -0.164. The van der Waals surface area contributed by atoms with E-state index in [1.54, 1.807) is 24.2 Å². The van der Waals surface area contributed by atoms with E-state index in [2.05, 4.69) is 4.98 Å². The van der Waals surface area contributed by atoms with Gasteiger partial charge in [-0.05, 0) is 55.7 Å². The van der Waals surface area contributed by atoms with Crippen molar-refractivity contribution < 1.29 is 19.1 Å². The molecule has 0 saturated carbocycles. The van der Waals surface area contributed by atoms with Crippen LogP contribution >= 0.6 is 0 Å². The van der Waals surface area contributed by atoms with E-state index >= 15 is 0 Å². The van der Waals surface area contributed by atoms with Gasteiger partial charge in [-0.1, -0.05) is 30.3 Å². The molecule has 1 saturated heterocycles. The number of aromatic nitrogens is 1. The second-order valence-electron chi connectivity index (χ2n) is 7.72. The Morgan fingerprint density at radius 2 is 1.62 bits per heavy atom. The Hall–Kier alpha value is -3.67. The van der Waals surface area contributed by atoms with Crippen molar-refractivity contribution in [3.05, 3.63) is 78.6 Å². The van der Waals surface area contributed by atoms with Crippen molar-refractivity contribution in [3.63, 3.8) is 0 Å². The fourth-order valence-electron chi connectivity index (χ4n) is 3.82. The van der Waals surface area contributed by atoms with Crippen molar-refractivity contribution in [1.82, 2.24) is 9.88 Å². The second kappa shape index (κ2) is 10.1. The molecule has 1 fully saturated rings. The second-order valence-corrected chi connectivity index (χ2v) is 7.72. The summed E-state index contributed by atoms with van der Waals surface area (Å²) < 4.78 is 10.9. The van der Waals surface area contributed by atoms with E-state index in [-0.39, 0.29) is 17.8 Å². The van der Waals surface area contributed by atoms with Crippen LogP contribution in [0.3, 0.4) is 0 Å². The lowest BCUT2D eigenvalue weighted by atomic mass is 9.96. The average molecular weight is 431 g/mol. The number of benzene rings is 2. The van der Waals surface area contributed by atoms with Gasteiger partial charge in [0.25, 0.3) is 5.91 Å². The Balaban J connectivity index is 1.41. The molecular formula is C26H26N2O4. The van der Waals surface area contributed by atoms with Crippen molar-refractivity contribution in [2.75, 3.05) is 19.7 Å². The third-order valence-electron chi connectivity index (χ3n) is 5.55. The highest BCUT2D eigenvalue weighted by atomic mass is 16.5. The van der Waals surface area contributed by atoms with Crippen LogP contribution in [0.1, 0.15) is 30.1 Å². The van der Waals surface area contributed by atoms with E-state index in [1.807, 2.05) is 60.7 Å². The van der Waals surface area contributed by atoms with E-state index in [9.17, 15) is 9.59 Å². The maximum absolute atomic E-state index is 13.0. The minimum Gasteiger partial charge on any atom is -0.466 e. The van der Waals surface area contributed by atoms with Crippen LogP contribution in [0.4, 0.5) is 0 Å². The van der Waals surface area contributed by atoms with E-state index in [0.29, 0.717) is 38.1 Å². The van der Waals surface area contributed by atoms with Crippen LogP contribution in [0.5, 0.6) is 11.5 Å². The third-order valence-corrected chi connectivity index (χ3v) is 5.55. The van der Waals surface area contributed by atoms with Crippen molar-refractivity contribution in [2.24, 2.45) is 5.92 Å². The van der Waals surface area contributed by atoms with Gasteiger partial charge in [-0.2, -0.15) is 0 Å². The molecule has 0 N–H and O–H groups in total. The van der Waals surface area contributed by atoms with Gasteiger partial charge in [-0.25, -0.2) is 0 Å². The Morgan fingerprint density at radius 3 is 2.31 bits per heavy atom. The number of hydrogen-bond acceptors (Lipinski definition) is 5. The summed E-state index contributed by atoms with van der Waals surface area (Å²) >= 11 is 0. The number of hydrogen-bond donors (Lipinski definition) is 0. The lowest BCUT2D eigenvalue weighted by Crippen LogP contribution is -2.40. The van der Waals surface area contributed by atoms with Crippen LogP contribution < -0.4 is 4.74 Å². The number of carbonyl (C=O) groups is 2. The van der Waals surface area contributed by atoms with Gasteiger partial charge in [0.1, 0.15) is 11.5 Å². The smallest absolute Gasteiger partial charge is 0.309 e. The first kappa shape index (κ1) is 21.6. The molecule has 1 aromatic heterocycles. The van der Waals surface area contributed by atoms with Gasteiger partial charge >= 0.3 is 5.97 Å². The van der Waals surface area contributed by atoms with Crippen LogP contribution in [0.25, 0.3) is 11.1 Å². The molecule has 0 unspecified atom stereocenters. The Labute approximate surface area is 187 Å². The Morgan fingerprint density at radius 1 is 0.938 bits per heavy atom. The number of nitrogens with zero attached hydrogens (tertiary/aromatic N) is 2. The molecule has 1 amide bonds. The van der Waals surface area contributed by atoms with Crippen molar-refractivity contribution in [3.8, 4) is 22.6 Å². The van der Waals surface area contributed by atoms with E-state index in [1.165, 1.54) is 0 Å². The fraction of sp³-hybridized carbons (Fsp3) is 0.269. The maximum atomic E-state index is 13.0. The van der Waals surface area contributed by atoms with Crippen LogP contribution in [-0.2, 0) is 9.53 Å². The minimum absolute atomic E-state index is 0.0642. The molecular weight excluding hydrogens is 404 g/mol.